The van der Waals surface area contributed by atoms with Crippen LogP contribution in [0.3, 0.4) is 0 Å². The fraction of sp³-hybridized carbons (Fsp3) is 0.0952. The molecule has 0 amide bonds. The molecular formula is C42H36N2. The lowest BCUT2D eigenvalue weighted by Crippen LogP contribution is -1.91. The van der Waals surface area contributed by atoms with Crippen LogP contribution in [0.15, 0.2) is 156 Å². The molecule has 0 bridgehead atoms. The molecule has 5 aromatic rings. The smallest absolute Gasteiger partial charge is 0.0709 e. The SMILES string of the molecule is C#CC=C(C=CCC=Cc1ccc2cc(-c3ccccc3)ccc2n1)C=CC(CC)=Nc1ccc(-c2ccccc2)cc1C. The number of fused-ring (bicyclic) bond motifs is 1. The fourth-order valence-electron chi connectivity index (χ4n) is 4.94. The Morgan fingerprint density at radius 1 is 0.750 bits per heavy atom. The van der Waals surface area contributed by atoms with Gasteiger partial charge in [-0.2, -0.15) is 0 Å². The minimum atomic E-state index is 0.768. The third-order valence-corrected chi connectivity index (χ3v) is 7.34. The Balaban J connectivity index is 1.21. The molecule has 0 aliphatic carbocycles. The van der Waals surface area contributed by atoms with E-state index < -0.39 is 0 Å². The van der Waals surface area contributed by atoms with E-state index in [0.29, 0.717) is 0 Å². The maximum Gasteiger partial charge on any atom is 0.0709 e. The van der Waals surface area contributed by atoms with Crippen molar-refractivity contribution in [2.75, 3.05) is 0 Å². The highest BCUT2D eigenvalue weighted by molar-refractivity contribution is 5.97. The van der Waals surface area contributed by atoms with Crippen LogP contribution in [0.1, 0.15) is 31.0 Å². The van der Waals surface area contributed by atoms with Crippen LogP contribution in [-0.2, 0) is 0 Å². The van der Waals surface area contributed by atoms with Gasteiger partial charge in [0.2, 0.25) is 0 Å². The van der Waals surface area contributed by atoms with E-state index in [1.165, 1.54) is 22.3 Å². The first-order chi connectivity index (χ1) is 21.6. The lowest BCUT2D eigenvalue weighted by atomic mass is 10.0. The van der Waals surface area contributed by atoms with E-state index in [4.69, 9.17) is 16.4 Å². The van der Waals surface area contributed by atoms with Gasteiger partial charge in [0.25, 0.3) is 0 Å². The molecule has 4 aromatic carbocycles. The third-order valence-electron chi connectivity index (χ3n) is 7.34. The molecule has 0 N–H and O–H groups in total. The minimum absolute atomic E-state index is 0.768. The van der Waals surface area contributed by atoms with Gasteiger partial charge in [-0.25, -0.2) is 4.98 Å². The summed E-state index contributed by atoms with van der Waals surface area (Å²) >= 11 is 0. The maximum atomic E-state index is 5.62. The van der Waals surface area contributed by atoms with Crippen molar-refractivity contribution in [3.8, 4) is 34.6 Å². The van der Waals surface area contributed by atoms with Crippen molar-refractivity contribution in [2.24, 2.45) is 4.99 Å². The number of benzene rings is 4. The quantitative estimate of drug-likeness (QED) is 0.0934. The first kappa shape index (κ1) is 30.0. The van der Waals surface area contributed by atoms with Gasteiger partial charge in [-0.1, -0.05) is 116 Å². The summed E-state index contributed by atoms with van der Waals surface area (Å²) in [6, 6.07) is 37.9. The van der Waals surface area contributed by atoms with Crippen molar-refractivity contribution in [1.82, 2.24) is 4.98 Å². The van der Waals surface area contributed by atoms with Crippen molar-refractivity contribution in [1.29, 1.82) is 0 Å². The van der Waals surface area contributed by atoms with Gasteiger partial charge >= 0.3 is 0 Å². The normalized spacial score (nSPS) is 12.5. The summed E-state index contributed by atoms with van der Waals surface area (Å²) in [6.45, 7) is 4.22. The van der Waals surface area contributed by atoms with Crippen LogP contribution in [0.4, 0.5) is 5.69 Å². The van der Waals surface area contributed by atoms with Gasteiger partial charge in [-0.3, -0.25) is 4.99 Å². The predicted molar refractivity (Wildman–Crippen MR) is 190 cm³/mol. The Morgan fingerprint density at radius 3 is 2.14 bits per heavy atom. The fourth-order valence-corrected chi connectivity index (χ4v) is 4.94. The molecule has 5 rings (SSSR count). The second-order valence-electron chi connectivity index (χ2n) is 10.5. The average Bonchev–Trinajstić information content (AvgIpc) is 3.07. The topological polar surface area (TPSA) is 25.2 Å². The predicted octanol–water partition coefficient (Wildman–Crippen LogP) is 11.1. The van der Waals surface area contributed by atoms with Gasteiger partial charge < -0.3 is 0 Å². The van der Waals surface area contributed by atoms with Crippen molar-refractivity contribution in [3.63, 3.8) is 0 Å². The average molecular weight is 569 g/mol. The molecular weight excluding hydrogens is 532 g/mol. The lowest BCUT2D eigenvalue weighted by molar-refractivity contribution is 1.27. The zero-order valence-corrected chi connectivity index (χ0v) is 25.3. The van der Waals surface area contributed by atoms with Gasteiger partial charge in [0, 0.05) is 11.1 Å². The Morgan fingerprint density at radius 2 is 1.45 bits per heavy atom. The first-order valence-electron chi connectivity index (χ1n) is 15.0. The molecule has 44 heavy (non-hydrogen) atoms. The van der Waals surface area contributed by atoms with E-state index in [1.54, 1.807) is 6.08 Å². The highest BCUT2D eigenvalue weighted by atomic mass is 14.7. The van der Waals surface area contributed by atoms with E-state index in [2.05, 4.69) is 141 Å². The molecule has 0 aliphatic heterocycles. The molecule has 0 atom stereocenters. The Hall–Kier alpha value is -5.52. The van der Waals surface area contributed by atoms with Crippen molar-refractivity contribution < 1.29 is 0 Å². The van der Waals surface area contributed by atoms with E-state index >= 15 is 0 Å². The number of aliphatic imine (C=N–C) groups is 1. The van der Waals surface area contributed by atoms with Crippen LogP contribution in [0, 0.1) is 19.3 Å². The van der Waals surface area contributed by atoms with Gasteiger partial charge in [0.1, 0.15) is 0 Å². The number of nitrogens with zero attached hydrogens (tertiary/aromatic N) is 2. The number of hydrogen-bond donors (Lipinski definition) is 0. The van der Waals surface area contributed by atoms with Crippen LogP contribution < -0.4 is 0 Å². The molecule has 1 aromatic heterocycles. The molecule has 0 spiro atoms. The Kier molecular flexibility index (Phi) is 10.3. The number of terminal acetylenes is 1. The van der Waals surface area contributed by atoms with Crippen LogP contribution in [0.25, 0.3) is 39.2 Å². The zero-order valence-electron chi connectivity index (χ0n) is 25.3. The largest absolute Gasteiger partial charge is 0.253 e. The van der Waals surface area contributed by atoms with Crippen LogP contribution >= 0.6 is 0 Å². The van der Waals surface area contributed by atoms with Crippen molar-refractivity contribution in [2.45, 2.75) is 26.7 Å². The zero-order chi connectivity index (χ0) is 30.6. The van der Waals surface area contributed by atoms with E-state index in [0.717, 1.165) is 52.0 Å². The molecule has 0 saturated carbocycles. The summed E-state index contributed by atoms with van der Waals surface area (Å²) in [4.78, 5) is 9.76. The summed E-state index contributed by atoms with van der Waals surface area (Å²) < 4.78 is 0. The summed E-state index contributed by atoms with van der Waals surface area (Å²) in [7, 11) is 0. The highest BCUT2D eigenvalue weighted by Gasteiger charge is 2.03. The molecule has 0 aliphatic rings. The van der Waals surface area contributed by atoms with Crippen molar-refractivity contribution in [3.05, 3.63) is 162 Å². The van der Waals surface area contributed by atoms with Crippen LogP contribution in [0.2, 0.25) is 0 Å². The maximum absolute atomic E-state index is 5.62. The lowest BCUT2D eigenvalue weighted by Gasteiger charge is -2.07. The standard InChI is InChI=1S/C42H36N2/c1-4-15-33(22-26-39(5-2)43-41-28-24-36(30-32(41)3)34-17-10-7-11-18-34)16-9-6-14-21-40-27-23-38-31-37(25-29-42(38)44-40)35-19-12-8-13-20-35/h1,7-31H,5-6H2,2-3H3. The molecule has 2 heteroatoms. The summed E-state index contributed by atoms with van der Waals surface area (Å²) in [5, 5.41) is 1.13. The van der Waals surface area contributed by atoms with Gasteiger partial charge in [-0.05, 0) is 102 Å². The van der Waals surface area contributed by atoms with Gasteiger partial charge in [-0.15, -0.1) is 6.42 Å². The Bertz CT molecular complexity index is 1910. The molecule has 1 heterocycles. The van der Waals surface area contributed by atoms with Crippen molar-refractivity contribution >= 4 is 28.4 Å². The molecule has 0 unspecified atom stereocenters. The molecule has 0 fully saturated rings. The number of pyridine rings is 1. The third kappa shape index (κ3) is 8.06. The first-order valence-corrected chi connectivity index (χ1v) is 15.0. The number of allylic oxidation sites excluding steroid dienone is 7. The van der Waals surface area contributed by atoms with Gasteiger partial charge in [0.05, 0.1) is 16.9 Å². The number of rotatable bonds is 10. The minimum Gasteiger partial charge on any atom is -0.253 e. The summed E-state index contributed by atoms with van der Waals surface area (Å²) in [5.41, 5.74) is 10.8. The highest BCUT2D eigenvalue weighted by Crippen LogP contribution is 2.27. The van der Waals surface area contributed by atoms with E-state index in [-0.39, 0.29) is 0 Å². The molecule has 0 saturated heterocycles. The number of aryl methyl sites for hydroxylation is 1. The van der Waals surface area contributed by atoms with Gasteiger partial charge in [0.15, 0.2) is 0 Å². The van der Waals surface area contributed by atoms with Crippen LogP contribution in [0.5, 0.6) is 0 Å². The van der Waals surface area contributed by atoms with E-state index in [9.17, 15) is 0 Å². The Labute approximate surface area is 261 Å². The second kappa shape index (κ2) is 15.1. The molecule has 0 radical (unpaired) electrons. The molecule has 2 nitrogen and oxygen atoms in total. The molecule has 214 valence electrons. The summed E-state index contributed by atoms with van der Waals surface area (Å²) in [5.74, 6) is 2.66. The van der Waals surface area contributed by atoms with E-state index in [1.807, 2.05) is 24.3 Å². The summed E-state index contributed by atoms with van der Waals surface area (Å²) in [6.07, 6.45) is 21.4. The second-order valence-corrected chi connectivity index (χ2v) is 10.5. The number of hydrogen-bond acceptors (Lipinski definition) is 2. The number of aromatic nitrogens is 1. The van der Waals surface area contributed by atoms with Crippen LogP contribution in [-0.4, -0.2) is 10.7 Å². The monoisotopic (exact) mass is 568 g/mol.